The lowest BCUT2D eigenvalue weighted by molar-refractivity contribution is 0.112. The first-order chi connectivity index (χ1) is 12.8. The third-order valence-corrected chi connectivity index (χ3v) is 4.96. The Kier molecular flexibility index (Phi) is 5.86. The minimum Gasteiger partial charge on any atom is -0.497 e. The molecule has 0 aliphatic carbocycles. The minimum absolute atomic E-state index is 0.672. The number of nitrogens with one attached hydrogen (secondary N) is 2. The summed E-state index contributed by atoms with van der Waals surface area (Å²) in [5.41, 5.74) is 2.83. The quantitative estimate of drug-likeness (QED) is 0.547. The Hall–Kier alpha value is -2.86. The highest BCUT2D eigenvalue weighted by Gasteiger charge is 2.14. The average Bonchev–Trinajstić information content (AvgIpc) is 3.05. The van der Waals surface area contributed by atoms with Gasteiger partial charge >= 0.3 is 0 Å². The number of aldehydes is 1. The van der Waals surface area contributed by atoms with Crippen LogP contribution in [0.5, 0.6) is 5.75 Å². The molecule has 2 heterocycles. The molecule has 0 unspecified atom stereocenters. The molecule has 0 bridgehead atoms. The number of ether oxygens (including phenoxy) is 1. The van der Waals surface area contributed by atoms with E-state index in [0.29, 0.717) is 4.88 Å². The molecule has 0 fully saturated rings. The number of hydrogen-bond acceptors (Lipinski definition) is 6. The Bertz CT molecular complexity index is 917. The molecular formula is C20H21N3O2S. The van der Waals surface area contributed by atoms with Crippen molar-refractivity contribution in [2.75, 3.05) is 24.3 Å². The van der Waals surface area contributed by atoms with Gasteiger partial charge in [0.25, 0.3) is 0 Å². The summed E-state index contributed by atoms with van der Waals surface area (Å²) in [5.74, 6) is 0.810. The van der Waals surface area contributed by atoms with Crippen LogP contribution in [-0.2, 0) is 0 Å². The maximum Gasteiger partial charge on any atom is 0.160 e. The van der Waals surface area contributed by atoms with Crippen LogP contribution in [0.4, 0.5) is 11.4 Å². The normalized spacial score (nSPS) is 11.0. The highest BCUT2D eigenvalue weighted by atomic mass is 32.1. The fourth-order valence-corrected chi connectivity index (χ4v) is 3.60. The van der Waals surface area contributed by atoms with Crippen LogP contribution in [0.25, 0.3) is 16.3 Å². The molecule has 0 saturated carbocycles. The van der Waals surface area contributed by atoms with E-state index in [0.717, 1.165) is 52.2 Å². The topological polar surface area (TPSA) is 63.2 Å². The van der Waals surface area contributed by atoms with Crippen molar-refractivity contribution in [2.24, 2.45) is 0 Å². The van der Waals surface area contributed by atoms with Gasteiger partial charge in [-0.25, -0.2) is 4.98 Å². The van der Waals surface area contributed by atoms with E-state index in [9.17, 15) is 4.79 Å². The van der Waals surface area contributed by atoms with Crippen LogP contribution >= 0.6 is 11.3 Å². The first kappa shape index (κ1) is 17.9. The van der Waals surface area contributed by atoms with E-state index in [1.165, 1.54) is 11.3 Å². The number of carbonyl (C=O) groups is 1. The van der Waals surface area contributed by atoms with Gasteiger partial charge in [0.05, 0.1) is 12.0 Å². The van der Waals surface area contributed by atoms with E-state index in [1.54, 1.807) is 13.3 Å². The number of hydrogen-bond donors (Lipinski definition) is 2. The van der Waals surface area contributed by atoms with Crippen LogP contribution in [0.3, 0.4) is 0 Å². The third kappa shape index (κ3) is 3.86. The maximum atomic E-state index is 11.5. The highest BCUT2D eigenvalue weighted by Crippen LogP contribution is 2.35. The third-order valence-electron chi connectivity index (χ3n) is 3.92. The molecule has 0 radical (unpaired) electrons. The molecule has 3 aromatic rings. The number of fused-ring (bicyclic) bond motifs is 1. The molecule has 6 heteroatoms. The van der Waals surface area contributed by atoms with Gasteiger partial charge in [-0.3, -0.25) is 4.79 Å². The molecule has 2 aromatic heterocycles. The second kappa shape index (κ2) is 8.49. The minimum atomic E-state index is 0.672. The van der Waals surface area contributed by atoms with Crippen LogP contribution in [0.15, 0.2) is 42.7 Å². The number of thiophene rings is 1. The Morgan fingerprint density at radius 2 is 2.04 bits per heavy atom. The number of aromatic nitrogens is 1. The second-order valence-corrected chi connectivity index (χ2v) is 6.70. The molecule has 0 spiro atoms. The van der Waals surface area contributed by atoms with Gasteiger partial charge in [-0.05, 0) is 42.8 Å². The van der Waals surface area contributed by atoms with Crippen molar-refractivity contribution in [3.05, 3.63) is 53.2 Å². The smallest absolute Gasteiger partial charge is 0.160 e. The van der Waals surface area contributed by atoms with Gasteiger partial charge in [-0.1, -0.05) is 6.92 Å². The molecule has 2 N–H and O–H groups in total. The lowest BCUT2D eigenvalue weighted by Gasteiger charge is -2.07. The van der Waals surface area contributed by atoms with Crippen molar-refractivity contribution in [3.63, 3.8) is 0 Å². The average molecular weight is 367 g/mol. The Labute approximate surface area is 156 Å². The van der Waals surface area contributed by atoms with E-state index in [1.807, 2.05) is 42.6 Å². The molecule has 3 rings (SSSR count). The first-order valence-corrected chi connectivity index (χ1v) is 9.26. The summed E-state index contributed by atoms with van der Waals surface area (Å²) in [6.07, 6.45) is 7.45. The predicted molar refractivity (Wildman–Crippen MR) is 109 cm³/mol. The van der Waals surface area contributed by atoms with Crippen LogP contribution in [0.1, 0.15) is 28.6 Å². The summed E-state index contributed by atoms with van der Waals surface area (Å²) in [7, 11) is 1.64. The van der Waals surface area contributed by atoms with Crippen molar-refractivity contribution >= 4 is 45.3 Å². The number of carbonyl (C=O) groups excluding carboxylic acids is 1. The number of benzene rings is 1. The van der Waals surface area contributed by atoms with Gasteiger partial charge in [-0.2, -0.15) is 0 Å². The molecule has 0 aliphatic heterocycles. The monoisotopic (exact) mass is 367 g/mol. The number of anilines is 2. The summed E-state index contributed by atoms with van der Waals surface area (Å²) in [6, 6.07) is 9.61. The highest BCUT2D eigenvalue weighted by molar-refractivity contribution is 7.20. The van der Waals surface area contributed by atoms with Gasteiger partial charge in [0.15, 0.2) is 6.29 Å². The van der Waals surface area contributed by atoms with Crippen molar-refractivity contribution in [2.45, 2.75) is 13.3 Å². The standard InChI is InChI=1S/C20H21N3O2S/c1-3-10-22-17-9-12-23-20-19(17)16(18(13-24)26-20)8-11-21-14-4-6-15(25-2)7-5-14/h4-9,11-13,21H,3,10H2,1-2H3,(H,22,23)/b11-8-. The molecule has 0 saturated heterocycles. The SMILES string of the molecule is CCCNc1ccnc2sc(C=O)c(/C=C\Nc3ccc(OC)cc3)c12. The summed E-state index contributed by atoms with van der Waals surface area (Å²) in [5, 5.41) is 7.63. The largest absolute Gasteiger partial charge is 0.497 e. The Morgan fingerprint density at radius 3 is 2.73 bits per heavy atom. The molecule has 26 heavy (non-hydrogen) atoms. The molecule has 0 atom stereocenters. The second-order valence-electron chi connectivity index (χ2n) is 5.67. The first-order valence-electron chi connectivity index (χ1n) is 8.44. The predicted octanol–water partition coefficient (Wildman–Crippen LogP) is 5.02. The van der Waals surface area contributed by atoms with Crippen molar-refractivity contribution in [1.82, 2.24) is 4.98 Å². The fourth-order valence-electron chi connectivity index (χ4n) is 2.63. The van der Waals surface area contributed by atoms with Crippen molar-refractivity contribution in [1.29, 1.82) is 0 Å². The summed E-state index contributed by atoms with van der Waals surface area (Å²) in [6.45, 7) is 2.99. The van der Waals surface area contributed by atoms with Crippen LogP contribution in [0, 0.1) is 0 Å². The van der Waals surface area contributed by atoms with Crippen LogP contribution in [0.2, 0.25) is 0 Å². The molecular weight excluding hydrogens is 346 g/mol. The maximum absolute atomic E-state index is 11.5. The van der Waals surface area contributed by atoms with E-state index in [-0.39, 0.29) is 0 Å². The van der Waals surface area contributed by atoms with Crippen molar-refractivity contribution in [3.8, 4) is 5.75 Å². The van der Waals surface area contributed by atoms with Crippen molar-refractivity contribution < 1.29 is 9.53 Å². The molecule has 134 valence electrons. The molecule has 1 aromatic carbocycles. The van der Waals surface area contributed by atoms with Gasteiger partial charge in [0.2, 0.25) is 0 Å². The Morgan fingerprint density at radius 1 is 1.23 bits per heavy atom. The number of methoxy groups -OCH3 is 1. The summed E-state index contributed by atoms with van der Waals surface area (Å²) in [4.78, 5) is 17.5. The fraction of sp³-hybridized carbons (Fsp3) is 0.200. The lowest BCUT2D eigenvalue weighted by Crippen LogP contribution is -2.00. The molecule has 5 nitrogen and oxygen atoms in total. The lowest BCUT2D eigenvalue weighted by atomic mass is 10.1. The number of pyridine rings is 1. The zero-order valence-corrected chi connectivity index (χ0v) is 15.6. The zero-order chi connectivity index (χ0) is 18.4. The van der Waals surface area contributed by atoms with E-state index < -0.39 is 0 Å². The van der Waals surface area contributed by atoms with Gasteiger partial charge < -0.3 is 15.4 Å². The summed E-state index contributed by atoms with van der Waals surface area (Å²) >= 11 is 1.41. The Balaban J connectivity index is 1.90. The molecule has 0 aliphatic rings. The molecule has 0 amide bonds. The number of rotatable bonds is 8. The van der Waals surface area contributed by atoms with E-state index in [4.69, 9.17) is 4.74 Å². The van der Waals surface area contributed by atoms with Crippen LogP contribution < -0.4 is 15.4 Å². The van der Waals surface area contributed by atoms with E-state index >= 15 is 0 Å². The summed E-state index contributed by atoms with van der Waals surface area (Å²) < 4.78 is 5.16. The van der Waals surface area contributed by atoms with Gasteiger partial charge in [-0.15, -0.1) is 11.3 Å². The van der Waals surface area contributed by atoms with Crippen LogP contribution in [-0.4, -0.2) is 24.9 Å². The van der Waals surface area contributed by atoms with E-state index in [2.05, 4.69) is 22.5 Å². The van der Waals surface area contributed by atoms with Gasteiger partial charge in [0.1, 0.15) is 10.6 Å². The number of nitrogens with zero attached hydrogens (tertiary/aromatic N) is 1. The van der Waals surface area contributed by atoms with Gasteiger partial charge in [0, 0.05) is 41.3 Å². The zero-order valence-electron chi connectivity index (χ0n) is 14.8.